The summed E-state index contributed by atoms with van der Waals surface area (Å²) in [5.74, 6) is 0. The van der Waals surface area contributed by atoms with E-state index in [2.05, 4.69) is 97.9 Å². The summed E-state index contributed by atoms with van der Waals surface area (Å²) in [4.78, 5) is 0. The molecule has 0 heterocycles. The molecule has 0 aromatic heterocycles. The van der Waals surface area contributed by atoms with Crippen LogP contribution < -0.4 is 5.73 Å². The zero-order valence-corrected chi connectivity index (χ0v) is 18.0. The fourth-order valence-corrected chi connectivity index (χ4v) is 3.72. The Kier molecular flexibility index (Phi) is 5.61. The van der Waals surface area contributed by atoms with Crippen LogP contribution in [0, 0.1) is 6.92 Å². The predicted octanol–water partition coefficient (Wildman–Crippen LogP) is 6.91. The summed E-state index contributed by atoms with van der Waals surface area (Å²) >= 11 is 0. The van der Waals surface area contributed by atoms with Crippen molar-refractivity contribution in [3.8, 4) is 0 Å². The van der Waals surface area contributed by atoms with Gasteiger partial charge in [-0.3, -0.25) is 0 Å². The summed E-state index contributed by atoms with van der Waals surface area (Å²) < 4.78 is 0. The van der Waals surface area contributed by atoms with E-state index in [9.17, 15) is 0 Å². The first-order chi connectivity index (χ1) is 11.8. The van der Waals surface area contributed by atoms with Gasteiger partial charge in [-0.05, 0) is 52.7 Å². The van der Waals surface area contributed by atoms with E-state index in [1.54, 1.807) is 0 Å². The van der Waals surface area contributed by atoms with Crippen molar-refractivity contribution in [1.82, 2.24) is 0 Å². The molecule has 0 aliphatic heterocycles. The number of hydrogen-bond acceptors (Lipinski definition) is 1. The summed E-state index contributed by atoms with van der Waals surface area (Å²) in [6.45, 7) is 18.2. The first kappa shape index (κ1) is 20.6. The van der Waals surface area contributed by atoms with Crippen molar-refractivity contribution in [1.29, 1.82) is 0 Å². The number of nitrogen functional groups attached to an aromatic ring is 1. The lowest BCUT2D eigenvalue weighted by Crippen LogP contribution is -2.26. The maximum absolute atomic E-state index is 6.62. The van der Waals surface area contributed by atoms with E-state index in [1.165, 1.54) is 22.3 Å². The Hall–Kier alpha value is -1.76. The Morgan fingerprint density at radius 1 is 0.692 bits per heavy atom. The van der Waals surface area contributed by atoms with Gasteiger partial charge in [-0.15, -0.1) is 0 Å². The topological polar surface area (TPSA) is 26.0 Å². The molecule has 0 saturated heterocycles. The molecule has 0 atom stereocenters. The standard InChI is InChI=1S/C25H37N/c1-18-12-14-19(15-13-18)24(5,6)16-17-25(7,8)21-11-9-10-20(22(21)26)23(2,3)4/h9-15H,16-17,26H2,1-8H3. The fourth-order valence-electron chi connectivity index (χ4n) is 3.72. The van der Waals surface area contributed by atoms with Crippen molar-refractivity contribution in [2.75, 3.05) is 5.73 Å². The van der Waals surface area contributed by atoms with Crippen LogP contribution in [0.2, 0.25) is 0 Å². The molecule has 0 fully saturated rings. The second-order valence-corrected chi connectivity index (χ2v) is 10.2. The molecule has 1 heteroatoms. The number of nitrogens with two attached hydrogens (primary N) is 1. The maximum atomic E-state index is 6.62. The van der Waals surface area contributed by atoms with Crippen LogP contribution in [0.4, 0.5) is 5.69 Å². The van der Waals surface area contributed by atoms with E-state index < -0.39 is 0 Å². The summed E-state index contributed by atoms with van der Waals surface area (Å²) in [6, 6.07) is 15.5. The predicted molar refractivity (Wildman–Crippen MR) is 116 cm³/mol. The molecule has 1 nitrogen and oxygen atoms in total. The average molecular weight is 352 g/mol. The Balaban J connectivity index is 2.25. The number of aryl methyl sites for hydroxylation is 1. The fraction of sp³-hybridized carbons (Fsp3) is 0.520. The van der Waals surface area contributed by atoms with E-state index in [0.29, 0.717) is 0 Å². The molecule has 0 aliphatic rings. The van der Waals surface area contributed by atoms with Crippen LogP contribution in [0.15, 0.2) is 42.5 Å². The van der Waals surface area contributed by atoms with Crippen LogP contribution >= 0.6 is 0 Å². The van der Waals surface area contributed by atoms with Crippen LogP contribution in [0.25, 0.3) is 0 Å². The van der Waals surface area contributed by atoms with Crippen molar-refractivity contribution in [2.24, 2.45) is 0 Å². The number of para-hydroxylation sites is 1. The average Bonchev–Trinajstić information content (AvgIpc) is 2.52. The van der Waals surface area contributed by atoms with Gasteiger partial charge in [0.15, 0.2) is 0 Å². The lowest BCUT2D eigenvalue weighted by molar-refractivity contribution is 0.375. The molecule has 0 amide bonds. The first-order valence-corrected chi connectivity index (χ1v) is 9.81. The van der Waals surface area contributed by atoms with Crippen LogP contribution in [0.1, 0.15) is 83.6 Å². The number of anilines is 1. The summed E-state index contributed by atoms with van der Waals surface area (Å²) in [5.41, 5.74) is 13.1. The van der Waals surface area contributed by atoms with E-state index in [-0.39, 0.29) is 16.2 Å². The zero-order valence-electron chi connectivity index (χ0n) is 18.0. The first-order valence-electron chi connectivity index (χ1n) is 9.81. The summed E-state index contributed by atoms with van der Waals surface area (Å²) in [5, 5.41) is 0. The van der Waals surface area contributed by atoms with E-state index in [4.69, 9.17) is 5.73 Å². The molecular weight excluding hydrogens is 314 g/mol. The highest BCUT2D eigenvalue weighted by atomic mass is 14.6. The lowest BCUT2D eigenvalue weighted by atomic mass is 9.71. The third-order valence-electron chi connectivity index (χ3n) is 5.85. The van der Waals surface area contributed by atoms with Gasteiger partial charge in [-0.25, -0.2) is 0 Å². The van der Waals surface area contributed by atoms with Gasteiger partial charge in [0.2, 0.25) is 0 Å². The second-order valence-electron chi connectivity index (χ2n) is 10.2. The van der Waals surface area contributed by atoms with Gasteiger partial charge < -0.3 is 5.73 Å². The minimum atomic E-state index is 0.0489. The maximum Gasteiger partial charge on any atom is 0.0390 e. The van der Waals surface area contributed by atoms with Crippen molar-refractivity contribution < 1.29 is 0 Å². The molecule has 0 bridgehead atoms. The molecule has 2 aromatic carbocycles. The van der Waals surface area contributed by atoms with E-state index in [0.717, 1.165) is 18.5 Å². The van der Waals surface area contributed by atoms with Crippen molar-refractivity contribution >= 4 is 5.69 Å². The van der Waals surface area contributed by atoms with Gasteiger partial charge in [0.1, 0.15) is 0 Å². The molecule has 0 saturated carbocycles. The number of benzene rings is 2. The monoisotopic (exact) mass is 351 g/mol. The van der Waals surface area contributed by atoms with Crippen molar-refractivity contribution in [2.45, 2.75) is 84.5 Å². The minimum Gasteiger partial charge on any atom is -0.398 e. The Bertz CT molecular complexity index is 743. The molecule has 2 rings (SSSR count). The van der Waals surface area contributed by atoms with Crippen LogP contribution in [0.3, 0.4) is 0 Å². The van der Waals surface area contributed by atoms with Gasteiger partial charge in [0.05, 0.1) is 0 Å². The van der Waals surface area contributed by atoms with Gasteiger partial charge in [0, 0.05) is 5.69 Å². The lowest BCUT2D eigenvalue weighted by Gasteiger charge is -2.34. The highest BCUT2D eigenvalue weighted by Gasteiger charge is 2.30. The highest BCUT2D eigenvalue weighted by molar-refractivity contribution is 5.59. The summed E-state index contributed by atoms with van der Waals surface area (Å²) in [7, 11) is 0. The third kappa shape index (κ3) is 4.50. The molecule has 0 spiro atoms. The molecule has 142 valence electrons. The molecule has 2 aromatic rings. The zero-order chi connectivity index (χ0) is 19.8. The van der Waals surface area contributed by atoms with Gasteiger partial charge in [-0.2, -0.15) is 0 Å². The normalized spacial score (nSPS) is 13.1. The summed E-state index contributed by atoms with van der Waals surface area (Å²) in [6.07, 6.45) is 2.23. The highest BCUT2D eigenvalue weighted by Crippen LogP contribution is 2.40. The Labute approximate surface area is 161 Å². The molecule has 2 N–H and O–H groups in total. The third-order valence-corrected chi connectivity index (χ3v) is 5.85. The molecule has 0 radical (unpaired) electrons. The van der Waals surface area contributed by atoms with Gasteiger partial charge in [-0.1, -0.05) is 96.5 Å². The quantitative estimate of drug-likeness (QED) is 0.582. The molecule has 0 aliphatic carbocycles. The van der Waals surface area contributed by atoms with Crippen molar-refractivity contribution in [3.05, 3.63) is 64.7 Å². The molecule has 26 heavy (non-hydrogen) atoms. The van der Waals surface area contributed by atoms with Crippen LogP contribution in [0.5, 0.6) is 0 Å². The van der Waals surface area contributed by atoms with Gasteiger partial charge >= 0.3 is 0 Å². The SMILES string of the molecule is Cc1ccc(C(C)(C)CCC(C)(C)c2cccc(C(C)(C)C)c2N)cc1. The number of hydrogen-bond donors (Lipinski definition) is 1. The second kappa shape index (κ2) is 7.10. The van der Waals surface area contributed by atoms with Gasteiger partial charge in [0.25, 0.3) is 0 Å². The smallest absolute Gasteiger partial charge is 0.0390 e. The van der Waals surface area contributed by atoms with Crippen LogP contribution in [-0.2, 0) is 16.2 Å². The number of rotatable bonds is 5. The largest absolute Gasteiger partial charge is 0.398 e. The Morgan fingerprint density at radius 3 is 1.73 bits per heavy atom. The van der Waals surface area contributed by atoms with Crippen molar-refractivity contribution in [3.63, 3.8) is 0 Å². The Morgan fingerprint density at radius 2 is 1.19 bits per heavy atom. The molecule has 0 unspecified atom stereocenters. The van der Waals surface area contributed by atoms with Crippen LogP contribution in [-0.4, -0.2) is 0 Å². The van der Waals surface area contributed by atoms with E-state index >= 15 is 0 Å². The van der Waals surface area contributed by atoms with E-state index in [1.807, 2.05) is 0 Å². The minimum absolute atomic E-state index is 0.0489. The molecular formula is C25H37N.